The molecule has 0 saturated carbocycles. The lowest BCUT2D eigenvalue weighted by Gasteiger charge is -2.12. The molecule has 0 saturated heterocycles. The molecule has 2 rings (SSSR count). The SMILES string of the molecule is Cc1cc(C)c(CNCCn2cccn2)c(C)c1. The largest absolute Gasteiger partial charge is 0.311 e. The van der Waals surface area contributed by atoms with Crippen LogP contribution in [0.5, 0.6) is 0 Å². The highest BCUT2D eigenvalue weighted by Gasteiger charge is 2.03. The van der Waals surface area contributed by atoms with Gasteiger partial charge in [0.25, 0.3) is 0 Å². The van der Waals surface area contributed by atoms with Crippen LogP contribution < -0.4 is 5.32 Å². The Bertz CT molecular complexity index is 477. The fraction of sp³-hybridized carbons (Fsp3) is 0.400. The summed E-state index contributed by atoms with van der Waals surface area (Å²) in [5, 5.41) is 7.66. The molecule has 1 N–H and O–H groups in total. The quantitative estimate of drug-likeness (QED) is 0.818. The topological polar surface area (TPSA) is 29.9 Å². The lowest BCUT2D eigenvalue weighted by molar-refractivity contribution is 0.553. The maximum atomic E-state index is 4.18. The minimum atomic E-state index is 0.914. The van der Waals surface area contributed by atoms with Crippen molar-refractivity contribution in [3.05, 3.63) is 52.8 Å². The molecule has 0 amide bonds. The zero-order valence-electron chi connectivity index (χ0n) is 11.4. The van der Waals surface area contributed by atoms with E-state index in [0.29, 0.717) is 0 Å². The fourth-order valence-corrected chi connectivity index (χ4v) is 2.33. The predicted molar refractivity (Wildman–Crippen MR) is 74.6 cm³/mol. The van der Waals surface area contributed by atoms with E-state index in [1.807, 2.05) is 23.1 Å². The molecule has 18 heavy (non-hydrogen) atoms. The van der Waals surface area contributed by atoms with Gasteiger partial charge >= 0.3 is 0 Å². The number of aromatic nitrogens is 2. The van der Waals surface area contributed by atoms with E-state index in [-0.39, 0.29) is 0 Å². The Labute approximate surface area is 109 Å². The van der Waals surface area contributed by atoms with Gasteiger partial charge in [0.1, 0.15) is 0 Å². The molecular weight excluding hydrogens is 222 g/mol. The molecule has 0 atom stereocenters. The first kappa shape index (κ1) is 12.8. The van der Waals surface area contributed by atoms with Gasteiger partial charge in [-0.15, -0.1) is 0 Å². The summed E-state index contributed by atoms with van der Waals surface area (Å²) in [5.74, 6) is 0. The second kappa shape index (κ2) is 5.83. The van der Waals surface area contributed by atoms with Gasteiger partial charge in [-0.25, -0.2) is 0 Å². The van der Waals surface area contributed by atoms with E-state index in [4.69, 9.17) is 0 Å². The molecule has 0 spiro atoms. The monoisotopic (exact) mass is 243 g/mol. The van der Waals surface area contributed by atoms with E-state index in [1.54, 1.807) is 0 Å². The van der Waals surface area contributed by atoms with Crippen LogP contribution in [0.15, 0.2) is 30.6 Å². The van der Waals surface area contributed by atoms with E-state index in [9.17, 15) is 0 Å². The molecule has 0 aliphatic heterocycles. The van der Waals surface area contributed by atoms with Crippen molar-refractivity contribution in [2.24, 2.45) is 0 Å². The third-order valence-corrected chi connectivity index (χ3v) is 3.22. The van der Waals surface area contributed by atoms with Crippen LogP contribution >= 0.6 is 0 Å². The Kier molecular flexibility index (Phi) is 4.15. The van der Waals surface area contributed by atoms with E-state index in [0.717, 1.165) is 19.6 Å². The van der Waals surface area contributed by atoms with E-state index >= 15 is 0 Å². The number of hydrogen-bond donors (Lipinski definition) is 1. The second-order valence-electron chi connectivity index (χ2n) is 4.82. The number of rotatable bonds is 5. The number of nitrogens with zero attached hydrogens (tertiary/aromatic N) is 2. The lowest BCUT2D eigenvalue weighted by atomic mass is 10.00. The fourth-order valence-electron chi connectivity index (χ4n) is 2.33. The molecule has 3 heteroatoms. The Morgan fingerprint density at radius 1 is 1.17 bits per heavy atom. The maximum Gasteiger partial charge on any atom is 0.0534 e. The molecule has 2 aromatic rings. The molecule has 3 nitrogen and oxygen atoms in total. The highest BCUT2D eigenvalue weighted by Crippen LogP contribution is 2.15. The first-order valence-electron chi connectivity index (χ1n) is 6.41. The van der Waals surface area contributed by atoms with Gasteiger partial charge in [-0.3, -0.25) is 4.68 Å². The third-order valence-electron chi connectivity index (χ3n) is 3.22. The normalized spacial score (nSPS) is 10.8. The molecule has 0 bridgehead atoms. The maximum absolute atomic E-state index is 4.18. The number of aryl methyl sites for hydroxylation is 3. The molecule has 1 aromatic carbocycles. The third kappa shape index (κ3) is 3.20. The van der Waals surface area contributed by atoms with Crippen molar-refractivity contribution in [3.63, 3.8) is 0 Å². The van der Waals surface area contributed by atoms with Crippen molar-refractivity contribution in [1.29, 1.82) is 0 Å². The summed E-state index contributed by atoms with van der Waals surface area (Å²) >= 11 is 0. The Balaban J connectivity index is 1.87. The van der Waals surface area contributed by atoms with Crippen LogP contribution in [-0.4, -0.2) is 16.3 Å². The molecule has 0 aliphatic rings. The smallest absolute Gasteiger partial charge is 0.0534 e. The van der Waals surface area contributed by atoms with Crippen molar-refractivity contribution in [2.45, 2.75) is 33.9 Å². The Hall–Kier alpha value is -1.61. The minimum absolute atomic E-state index is 0.914. The molecule has 0 fully saturated rings. The molecule has 0 aliphatic carbocycles. The lowest BCUT2D eigenvalue weighted by Crippen LogP contribution is -2.20. The van der Waals surface area contributed by atoms with Crippen molar-refractivity contribution < 1.29 is 0 Å². The number of nitrogens with one attached hydrogen (secondary N) is 1. The zero-order chi connectivity index (χ0) is 13.0. The van der Waals surface area contributed by atoms with Gasteiger partial charge in [0.2, 0.25) is 0 Å². The molecule has 1 aromatic heterocycles. The molecule has 0 unspecified atom stereocenters. The van der Waals surface area contributed by atoms with Crippen LogP contribution in [0.2, 0.25) is 0 Å². The minimum Gasteiger partial charge on any atom is -0.311 e. The van der Waals surface area contributed by atoms with Crippen molar-refractivity contribution in [3.8, 4) is 0 Å². The van der Waals surface area contributed by atoms with Crippen LogP contribution in [0, 0.1) is 20.8 Å². The van der Waals surface area contributed by atoms with Gasteiger partial charge in [0.15, 0.2) is 0 Å². The summed E-state index contributed by atoms with van der Waals surface area (Å²) in [5.41, 5.74) is 5.50. The standard InChI is InChI=1S/C15H21N3/c1-12-9-13(2)15(14(3)10-12)11-16-6-8-18-7-4-5-17-18/h4-5,7,9-10,16H,6,8,11H2,1-3H3. The highest BCUT2D eigenvalue weighted by molar-refractivity contribution is 5.37. The van der Waals surface area contributed by atoms with Crippen LogP contribution in [0.25, 0.3) is 0 Å². The number of benzene rings is 1. The summed E-state index contributed by atoms with van der Waals surface area (Å²) in [6.45, 7) is 9.30. The summed E-state index contributed by atoms with van der Waals surface area (Å²) in [7, 11) is 0. The Morgan fingerprint density at radius 2 is 1.89 bits per heavy atom. The summed E-state index contributed by atoms with van der Waals surface area (Å²) < 4.78 is 1.95. The molecule has 1 heterocycles. The molecular formula is C15H21N3. The van der Waals surface area contributed by atoms with E-state index in [1.165, 1.54) is 22.3 Å². The van der Waals surface area contributed by atoms with Gasteiger partial charge in [-0.2, -0.15) is 5.10 Å². The molecule has 96 valence electrons. The van der Waals surface area contributed by atoms with Crippen molar-refractivity contribution in [2.75, 3.05) is 6.54 Å². The van der Waals surface area contributed by atoms with Crippen LogP contribution in [-0.2, 0) is 13.1 Å². The van der Waals surface area contributed by atoms with Gasteiger partial charge in [-0.1, -0.05) is 17.7 Å². The zero-order valence-corrected chi connectivity index (χ0v) is 11.4. The average Bonchev–Trinajstić information content (AvgIpc) is 2.79. The van der Waals surface area contributed by atoms with Crippen LogP contribution in [0.1, 0.15) is 22.3 Å². The van der Waals surface area contributed by atoms with Gasteiger partial charge in [0.05, 0.1) is 6.54 Å². The van der Waals surface area contributed by atoms with E-state index < -0.39 is 0 Å². The van der Waals surface area contributed by atoms with Crippen LogP contribution in [0.3, 0.4) is 0 Å². The number of hydrogen-bond acceptors (Lipinski definition) is 2. The second-order valence-corrected chi connectivity index (χ2v) is 4.82. The molecule has 0 radical (unpaired) electrons. The average molecular weight is 243 g/mol. The summed E-state index contributed by atoms with van der Waals surface area (Å²) in [6, 6.07) is 6.45. The first-order chi connectivity index (χ1) is 8.66. The Morgan fingerprint density at radius 3 is 2.50 bits per heavy atom. The van der Waals surface area contributed by atoms with Crippen LogP contribution in [0.4, 0.5) is 0 Å². The summed E-state index contributed by atoms with van der Waals surface area (Å²) in [4.78, 5) is 0. The predicted octanol–water partition coefficient (Wildman–Crippen LogP) is 2.60. The van der Waals surface area contributed by atoms with Gasteiger partial charge in [0, 0.05) is 25.5 Å². The van der Waals surface area contributed by atoms with Gasteiger partial charge in [-0.05, 0) is 43.5 Å². The van der Waals surface area contributed by atoms with Crippen molar-refractivity contribution in [1.82, 2.24) is 15.1 Å². The highest BCUT2D eigenvalue weighted by atomic mass is 15.3. The summed E-state index contributed by atoms with van der Waals surface area (Å²) in [6.07, 6.45) is 3.80. The first-order valence-corrected chi connectivity index (χ1v) is 6.41. The van der Waals surface area contributed by atoms with Crippen molar-refractivity contribution >= 4 is 0 Å². The van der Waals surface area contributed by atoms with E-state index in [2.05, 4.69) is 43.3 Å². The van der Waals surface area contributed by atoms with Gasteiger partial charge < -0.3 is 5.32 Å².